The number of likely N-dealkylation sites (N-methyl/N-ethyl adjacent to an activating group) is 1. The van der Waals surface area contributed by atoms with E-state index in [1.54, 1.807) is 19.3 Å². The summed E-state index contributed by atoms with van der Waals surface area (Å²) in [5, 5.41) is 3.08. The molecule has 2 aromatic rings. The maximum Gasteiger partial charge on any atom is 0.146 e. The number of hydrogen-bond donors (Lipinski definition) is 1. The van der Waals surface area contributed by atoms with Crippen molar-refractivity contribution in [3.8, 4) is 0 Å². The van der Waals surface area contributed by atoms with Crippen molar-refractivity contribution in [2.24, 2.45) is 0 Å². The lowest BCUT2D eigenvalue weighted by Crippen LogP contribution is -2.20. The molecule has 2 heterocycles. The molecule has 2 aromatic heterocycles. The van der Waals surface area contributed by atoms with Gasteiger partial charge in [0.2, 0.25) is 0 Å². The monoisotopic (exact) mass is 270 g/mol. The van der Waals surface area contributed by atoms with Gasteiger partial charge in [-0.15, -0.1) is 11.3 Å². The Bertz CT molecular complexity index is 501. The highest BCUT2D eigenvalue weighted by Gasteiger charge is 2.16. The maximum absolute atomic E-state index is 13.6. The van der Waals surface area contributed by atoms with E-state index in [2.05, 4.69) is 10.3 Å². The second-order valence-corrected chi connectivity index (χ2v) is 5.42. The molecule has 17 heavy (non-hydrogen) atoms. The van der Waals surface area contributed by atoms with Gasteiger partial charge in [0.1, 0.15) is 5.82 Å². The molecule has 0 saturated carbocycles. The average Bonchev–Trinajstić information content (AvgIpc) is 2.73. The van der Waals surface area contributed by atoms with Crippen LogP contribution in [0.4, 0.5) is 4.39 Å². The van der Waals surface area contributed by atoms with E-state index >= 15 is 0 Å². The quantitative estimate of drug-likeness (QED) is 0.921. The third kappa shape index (κ3) is 3.03. The summed E-state index contributed by atoms with van der Waals surface area (Å²) in [6, 6.07) is 6.69. The van der Waals surface area contributed by atoms with E-state index in [-0.39, 0.29) is 11.9 Å². The molecule has 0 aromatic carbocycles. The molecule has 0 radical (unpaired) electrons. The van der Waals surface area contributed by atoms with Crippen molar-refractivity contribution in [2.75, 3.05) is 7.05 Å². The molecule has 2 rings (SSSR count). The van der Waals surface area contributed by atoms with E-state index in [4.69, 9.17) is 11.6 Å². The fourth-order valence-electron chi connectivity index (χ4n) is 1.65. The molecule has 90 valence electrons. The van der Waals surface area contributed by atoms with Gasteiger partial charge in [-0.2, -0.15) is 0 Å². The Kier molecular flexibility index (Phi) is 4.10. The molecule has 0 fully saturated rings. The normalized spacial score (nSPS) is 12.6. The first kappa shape index (κ1) is 12.5. The van der Waals surface area contributed by atoms with Crippen LogP contribution >= 0.6 is 22.9 Å². The van der Waals surface area contributed by atoms with Crippen LogP contribution in [0.2, 0.25) is 4.34 Å². The predicted molar refractivity (Wildman–Crippen MR) is 69.0 cm³/mol. The molecule has 0 aliphatic heterocycles. The summed E-state index contributed by atoms with van der Waals surface area (Å²) < 4.78 is 14.4. The van der Waals surface area contributed by atoms with Gasteiger partial charge >= 0.3 is 0 Å². The lowest BCUT2D eigenvalue weighted by molar-refractivity contribution is 0.519. The standard InChI is InChI=1S/C12H12ClFN2S/c1-15-10(7-8-4-5-11(13)17-8)12-9(14)3-2-6-16-12/h2-6,10,15H,7H2,1H3. The van der Waals surface area contributed by atoms with Crippen LogP contribution in [0.25, 0.3) is 0 Å². The lowest BCUT2D eigenvalue weighted by Gasteiger charge is -2.15. The molecule has 0 amide bonds. The van der Waals surface area contributed by atoms with Crippen LogP contribution in [0.15, 0.2) is 30.5 Å². The van der Waals surface area contributed by atoms with E-state index < -0.39 is 0 Å². The van der Waals surface area contributed by atoms with Crippen LogP contribution in [-0.2, 0) is 6.42 Å². The molecule has 0 bridgehead atoms. The largest absolute Gasteiger partial charge is 0.311 e. The minimum atomic E-state index is -0.283. The number of nitrogens with zero attached hydrogens (tertiary/aromatic N) is 1. The highest BCUT2D eigenvalue weighted by atomic mass is 35.5. The Morgan fingerprint density at radius 2 is 2.29 bits per heavy atom. The number of pyridine rings is 1. The minimum Gasteiger partial charge on any atom is -0.311 e. The highest BCUT2D eigenvalue weighted by Crippen LogP contribution is 2.26. The van der Waals surface area contributed by atoms with Crippen LogP contribution in [0, 0.1) is 5.82 Å². The molecule has 0 aliphatic carbocycles. The molecule has 0 spiro atoms. The Morgan fingerprint density at radius 1 is 1.47 bits per heavy atom. The number of thiophene rings is 1. The second-order valence-electron chi connectivity index (χ2n) is 3.62. The van der Waals surface area contributed by atoms with Crippen molar-refractivity contribution in [2.45, 2.75) is 12.5 Å². The summed E-state index contributed by atoms with van der Waals surface area (Å²) in [4.78, 5) is 5.20. The van der Waals surface area contributed by atoms with Crippen molar-refractivity contribution in [3.63, 3.8) is 0 Å². The summed E-state index contributed by atoms with van der Waals surface area (Å²) in [6.07, 6.45) is 2.28. The molecule has 1 N–H and O–H groups in total. The molecule has 1 atom stereocenters. The molecule has 5 heteroatoms. The summed E-state index contributed by atoms with van der Waals surface area (Å²) in [5.41, 5.74) is 0.444. The third-order valence-corrected chi connectivity index (χ3v) is 3.75. The van der Waals surface area contributed by atoms with Crippen molar-refractivity contribution in [1.29, 1.82) is 0 Å². The van der Waals surface area contributed by atoms with Crippen molar-refractivity contribution >= 4 is 22.9 Å². The number of rotatable bonds is 4. The molecular formula is C12H12ClFN2S. The van der Waals surface area contributed by atoms with Crippen LogP contribution in [0.3, 0.4) is 0 Å². The van der Waals surface area contributed by atoms with E-state index in [9.17, 15) is 4.39 Å². The van der Waals surface area contributed by atoms with Crippen molar-refractivity contribution in [3.05, 3.63) is 51.2 Å². The van der Waals surface area contributed by atoms with Gasteiger partial charge in [-0.05, 0) is 31.3 Å². The first-order valence-corrected chi connectivity index (χ1v) is 6.42. The number of nitrogens with one attached hydrogen (secondary N) is 1. The third-order valence-electron chi connectivity index (χ3n) is 2.50. The van der Waals surface area contributed by atoms with Crippen LogP contribution in [0.5, 0.6) is 0 Å². The van der Waals surface area contributed by atoms with Gasteiger partial charge in [0.05, 0.1) is 16.1 Å². The zero-order chi connectivity index (χ0) is 12.3. The first-order valence-electron chi connectivity index (χ1n) is 5.22. The first-order chi connectivity index (χ1) is 8.20. The zero-order valence-electron chi connectivity index (χ0n) is 9.28. The Morgan fingerprint density at radius 3 is 2.88 bits per heavy atom. The number of halogens is 2. The van der Waals surface area contributed by atoms with Crippen molar-refractivity contribution in [1.82, 2.24) is 10.3 Å². The molecule has 0 aliphatic rings. The fraction of sp³-hybridized carbons (Fsp3) is 0.250. The van der Waals surface area contributed by atoms with E-state index in [1.165, 1.54) is 17.4 Å². The predicted octanol–water partition coefficient (Wildman–Crippen LogP) is 3.44. The number of aromatic nitrogens is 1. The van der Waals surface area contributed by atoms with E-state index in [0.29, 0.717) is 12.1 Å². The smallest absolute Gasteiger partial charge is 0.146 e. The lowest BCUT2D eigenvalue weighted by atomic mass is 10.1. The summed E-state index contributed by atoms with van der Waals surface area (Å²) in [6.45, 7) is 0. The van der Waals surface area contributed by atoms with Gasteiger partial charge in [-0.1, -0.05) is 11.6 Å². The summed E-state index contributed by atoms with van der Waals surface area (Å²) in [5.74, 6) is -0.283. The van der Waals surface area contributed by atoms with Gasteiger partial charge < -0.3 is 5.32 Å². The van der Waals surface area contributed by atoms with Crippen LogP contribution < -0.4 is 5.32 Å². The van der Waals surface area contributed by atoms with E-state index in [1.807, 2.05) is 12.1 Å². The number of hydrogen-bond acceptors (Lipinski definition) is 3. The van der Waals surface area contributed by atoms with Gasteiger partial charge in [0.25, 0.3) is 0 Å². The summed E-state index contributed by atoms with van der Waals surface area (Å²) in [7, 11) is 1.80. The molecule has 1 unspecified atom stereocenters. The zero-order valence-corrected chi connectivity index (χ0v) is 10.9. The van der Waals surface area contributed by atoms with Gasteiger partial charge in [0, 0.05) is 17.5 Å². The fourth-order valence-corrected chi connectivity index (χ4v) is 2.79. The Labute approximate surface area is 108 Å². The van der Waals surface area contributed by atoms with Gasteiger partial charge in [-0.3, -0.25) is 4.98 Å². The van der Waals surface area contributed by atoms with Gasteiger partial charge in [0.15, 0.2) is 0 Å². The van der Waals surface area contributed by atoms with Crippen LogP contribution in [0.1, 0.15) is 16.6 Å². The van der Waals surface area contributed by atoms with Crippen molar-refractivity contribution < 1.29 is 4.39 Å². The minimum absolute atomic E-state index is 0.133. The van der Waals surface area contributed by atoms with Gasteiger partial charge in [-0.25, -0.2) is 4.39 Å². The molecule has 2 nitrogen and oxygen atoms in total. The SMILES string of the molecule is CNC(Cc1ccc(Cl)s1)c1ncccc1F. The molecular weight excluding hydrogens is 259 g/mol. The topological polar surface area (TPSA) is 24.9 Å². The summed E-state index contributed by atoms with van der Waals surface area (Å²) >= 11 is 7.38. The second kappa shape index (κ2) is 5.58. The Balaban J connectivity index is 2.20. The van der Waals surface area contributed by atoms with E-state index in [0.717, 1.165) is 9.21 Å². The van der Waals surface area contributed by atoms with Crippen LogP contribution in [-0.4, -0.2) is 12.0 Å². The average molecular weight is 271 g/mol. The highest BCUT2D eigenvalue weighted by molar-refractivity contribution is 7.16. The molecule has 0 saturated heterocycles. The Hall–Kier alpha value is -0.970. The maximum atomic E-state index is 13.6.